The van der Waals surface area contributed by atoms with Crippen LogP contribution in [0.5, 0.6) is 17.2 Å². The number of hydrogen-bond donors (Lipinski definition) is 0. The molecule has 0 radical (unpaired) electrons. The van der Waals surface area contributed by atoms with Crippen molar-refractivity contribution in [3.05, 3.63) is 53.6 Å². The minimum absolute atomic E-state index is 0.678. The SMILES string of the molecule is COc1cc(OC)c(C=NN2CCN(Cc3ccccc3)CC2)c(OC)c1. The molecule has 2 aromatic rings. The summed E-state index contributed by atoms with van der Waals surface area (Å²) in [6, 6.07) is 14.2. The first-order valence-corrected chi connectivity index (χ1v) is 9.08. The van der Waals surface area contributed by atoms with Crippen molar-refractivity contribution in [3.8, 4) is 17.2 Å². The average Bonchev–Trinajstić information content (AvgIpc) is 2.73. The second-order valence-electron chi connectivity index (χ2n) is 6.41. The van der Waals surface area contributed by atoms with Gasteiger partial charge in [-0.3, -0.25) is 9.91 Å². The summed E-state index contributed by atoms with van der Waals surface area (Å²) >= 11 is 0. The first-order chi connectivity index (χ1) is 13.2. The number of rotatable bonds is 7. The van der Waals surface area contributed by atoms with E-state index in [9.17, 15) is 0 Å². The zero-order valence-corrected chi connectivity index (χ0v) is 16.2. The van der Waals surface area contributed by atoms with Crippen LogP contribution >= 0.6 is 0 Å². The normalized spacial score (nSPS) is 15.1. The number of benzene rings is 2. The summed E-state index contributed by atoms with van der Waals surface area (Å²) in [4.78, 5) is 2.45. The monoisotopic (exact) mass is 369 g/mol. The quantitative estimate of drug-likeness (QED) is 0.703. The van der Waals surface area contributed by atoms with Crippen LogP contribution in [0, 0.1) is 0 Å². The van der Waals surface area contributed by atoms with Crippen LogP contribution in [-0.4, -0.2) is 63.6 Å². The van der Waals surface area contributed by atoms with Crippen LogP contribution in [0.2, 0.25) is 0 Å². The Kier molecular flexibility index (Phi) is 6.54. The maximum absolute atomic E-state index is 5.48. The maximum Gasteiger partial charge on any atom is 0.135 e. The molecule has 1 aliphatic rings. The summed E-state index contributed by atoms with van der Waals surface area (Å²) < 4.78 is 16.2. The predicted molar refractivity (Wildman–Crippen MR) is 107 cm³/mol. The molecule has 27 heavy (non-hydrogen) atoms. The molecule has 0 spiro atoms. The Bertz CT molecular complexity index is 732. The Morgan fingerprint density at radius 3 is 2.07 bits per heavy atom. The van der Waals surface area contributed by atoms with E-state index in [1.165, 1.54) is 5.56 Å². The molecule has 2 aromatic carbocycles. The van der Waals surface area contributed by atoms with Gasteiger partial charge in [0.05, 0.1) is 33.1 Å². The molecule has 0 saturated carbocycles. The molecule has 0 atom stereocenters. The zero-order chi connectivity index (χ0) is 19.1. The third-order valence-corrected chi connectivity index (χ3v) is 4.70. The van der Waals surface area contributed by atoms with Gasteiger partial charge in [-0.15, -0.1) is 0 Å². The van der Waals surface area contributed by atoms with E-state index < -0.39 is 0 Å². The lowest BCUT2D eigenvalue weighted by Gasteiger charge is -2.33. The van der Waals surface area contributed by atoms with Gasteiger partial charge in [0.2, 0.25) is 0 Å². The molecule has 1 aliphatic heterocycles. The van der Waals surface area contributed by atoms with E-state index in [1.54, 1.807) is 21.3 Å². The fraction of sp³-hybridized carbons (Fsp3) is 0.381. The van der Waals surface area contributed by atoms with Gasteiger partial charge in [0.25, 0.3) is 0 Å². The van der Waals surface area contributed by atoms with Crippen LogP contribution in [0.15, 0.2) is 47.6 Å². The van der Waals surface area contributed by atoms with Gasteiger partial charge in [-0.25, -0.2) is 0 Å². The highest BCUT2D eigenvalue weighted by Crippen LogP contribution is 2.32. The highest BCUT2D eigenvalue weighted by Gasteiger charge is 2.16. The largest absolute Gasteiger partial charge is 0.496 e. The van der Waals surface area contributed by atoms with Crippen LogP contribution in [0.3, 0.4) is 0 Å². The number of hydrazone groups is 1. The number of nitrogens with zero attached hydrogens (tertiary/aromatic N) is 3. The standard InChI is InChI=1S/C21H27N3O3/c1-25-18-13-20(26-2)19(21(14-18)27-3)15-22-24-11-9-23(10-12-24)16-17-7-5-4-6-8-17/h4-8,13-15H,9-12,16H2,1-3H3. The van der Waals surface area contributed by atoms with Gasteiger partial charge in [-0.1, -0.05) is 30.3 Å². The second kappa shape index (κ2) is 9.28. The molecule has 0 aliphatic carbocycles. The average molecular weight is 369 g/mol. The number of piperazine rings is 1. The second-order valence-corrected chi connectivity index (χ2v) is 6.41. The molecule has 6 nitrogen and oxygen atoms in total. The van der Waals surface area contributed by atoms with Gasteiger partial charge in [0.15, 0.2) is 0 Å². The van der Waals surface area contributed by atoms with Crippen molar-refractivity contribution in [1.82, 2.24) is 9.91 Å². The Morgan fingerprint density at radius 2 is 1.52 bits per heavy atom. The zero-order valence-electron chi connectivity index (χ0n) is 16.2. The molecule has 1 fully saturated rings. The van der Waals surface area contributed by atoms with E-state index in [-0.39, 0.29) is 0 Å². The molecular formula is C21H27N3O3. The fourth-order valence-corrected chi connectivity index (χ4v) is 3.15. The van der Waals surface area contributed by atoms with E-state index in [2.05, 4.69) is 45.3 Å². The fourth-order valence-electron chi connectivity index (χ4n) is 3.15. The Labute approximate surface area is 160 Å². The van der Waals surface area contributed by atoms with Crippen LogP contribution in [-0.2, 0) is 6.54 Å². The molecule has 144 valence electrons. The van der Waals surface area contributed by atoms with E-state index in [1.807, 2.05) is 18.3 Å². The molecule has 0 unspecified atom stereocenters. The van der Waals surface area contributed by atoms with Crippen molar-refractivity contribution in [1.29, 1.82) is 0 Å². The van der Waals surface area contributed by atoms with Crippen molar-refractivity contribution < 1.29 is 14.2 Å². The molecule has 0 aromatic heterocycles. The van der Waals surface area contributed by atoms with E-state index in [4.69, 9.17) is 14.2 Å². The van der Waals surface area contributed by atoms with Gasteiger partial charge in [0, 0.05) is 44.9 Å². The predicted octanol–water partition coefficient (Wildman–Crippen LogP) is 2.86. The molecule has 0 amide bonds. The molecule has 6 heteroatoms. The lowest BCUT2D eigenvalue weighted by molar-refractivity contribution is 0.131. The van der Waals surface area contributed by atoms with Crippen LogP contribution < -0.4 is 14.2 Å². The minimum atomic E-state index is 0.678. The molecular weight excluding hydrogens is 342 g/mol. The van der Waals surface area contributed by atoms with Gasteiger partial charge in [-0.05, 0) is 5.56 Å². The van der Waals surface area contributed by atoms with Crippen molar-refractivity contribution in [3.63, 3.8) is 0 Å². The van der Waals surface area contributed by atoms with Crippen molar-refractivity contribution in [2.45, 2.75) is 6.54 Å². The third-order valence-electron chi connectivity index (χ3n) is 4.70. The van der Waals surface area contributed by atoms with E-state index >= 15 is 0 Å². The summed E-state index contributed by atoms with van der Waals surface area (Å²) in [6.07, 6.45) is 1.81. The van der Waals surface area contributed by atoms with Gasteiger partial charge in [0.1, 0.15) is 17.2 Å². The van der Waals surface area contributed by atoms with Gasteiger partial charge < -0.3 is 14.2 Å². The number of methoxy groups -OCH3 is 3. The van der Waals surface area contributed by atoms with Crippen LogP contribution in [0.25, 0.3) is 0 Å². The third kappa shape index (κ3) is 4.92. The van der Waals surface area contributed by atoms with E-state index in [0.29, 0.717) is 17.2 Å². The summed E-state index contributed by atoms with van der Waals surface area (Å²) in [7, 11) is 4.89. The topological polar surface area (TPSA) is 46.5 Å². The van der Waals surface area contributed by atoms with Crippen LogP contribution in [0.1, 0.15) is 11.1 Å². The Hall–Kier alpha value is -2.73. The first kappa shape index (κ1) is 19.0. The van der Waals surface area contributed by atoms with E-state index in [0.717, 1.165) is 38.3 Å². The maximum atomic E-state index is 5.48. The number of ether oxygens (including phenoxy) is 3. The van der Waals surface area contributed by atoms with Gasteiger partial charge in [-0.2, -0.15) is 5.10 Å². The summed E-state index contributed by atoms with van der Waals surface area (Å²) in [5.41, 5.74) is 2.16. The Morgan fingerprint density at radius 1 is 0.889 bits per heavy atom. The molecule has 1 saturated heterocycles. The van der Waals surface area contributed by atoms with Crippen molar-refractivity contribution in [2.24, 2.45) is 5.10 Å². The van der Waals surface area contributed by atoms with Crippen molar-refractivity contribution >= 4 is 6.21 Å². The first-order valence-electron chi connectivity index (χ1n) is 9.08. The molecule has 0 N–H and O–H groups in total. The Balaban J connectivity index is 1.62. The van der Waals surface area contributed by atoms with Gasteiger partial charge >= 0.3 is 0 Å². The highest BCUT2D eigenvalue weighted by molar-refractivity contribution is 5.88. The molecule has 1 heterocycles. The van der Waals surface area contributed by atoms with Crippen molar-refractivity contribution in [2.75, 3.05) is 47.5 Å². The summed E-state index contributed by atoms with van der Waals surface area (Å²) in [5.74, 6) is 2.05. The minimum Gasteiger partial charge on any atom is -0.496 e. The summed E-state index contributed by atoms with van der Waals surface area (Å²) in [5, 5.41) is 6.74. The lowest BCUT2D eigenvalue weighted by Crippen LogP contribution is -2.43. The summed E-state index contributed by atoms with van der Waals surface area (Å²) in [6.45, 7) is 4.75. The lowest BCUT2D eigenvalue weighted by atomic mass is 10.2. The van der Waals surface area contributed by atoms with Crippen LogP contribution in [0.4, 0.5) is 0 Å². The molecule has 0 bridgehead atoms. The highest BCUT2D eigenvalue weighted by atomic mass is 16.5. The molecule has 3 rings (SSSR count). The number of hydrogen-bond acceptors (Lipinski definition) is 6. The smallest absolute Gasteiger partial charge is 0.135 e.